The van der Waals surface area contributed by atoms with Gasteiger partial charge in [0.05, 0.1) is 12.1 Å². The number of rotatable bonds is 7. The standard InChI is InChI=1S/C24H24N2O3S/c1-3-4-5-6-7-11-29-19-9-8-16(14-25-19)20-18(27)13-15(2)22-21(20)17-10-12-30-23(17)24(28)26-22/h3-4,8-10,12-14,27H,5-7,11H2,1-2H3,(H,26,28)/b4-3+. The summed E-state index contributed by atoms with van der Waals surface area (Å²) < 4.78 is 6.40. The molecular formula is C24H24N2O3S. The molecule has 0 amide bonds. The molecule has 30 heavy (non-hydrogen) atoms. The number of nitrogens with one attached hydrogen (secondary N) is 1. The minimum atomic E-state index is -0.108. The van der Waals surface area contributed by atoms with Gasteiger partial charge in [-0.2, -0.15) is 0 Å². The number of thiophene rings is 1. The Hall–Kier alpha value is -3.12. The molecule has 3 heterocycles. The van der Waals surface area contributed by atoms with Crippen LogP contribution in [0.3, 0.4) is 0 Å². The highest BCUT2D eigenvalue weighted by molar-refractivity contribution is 7.17. The van der Waals surface area contributed by atoms with E-state index < -0.39 is 0 Å². The molecule has 0 aliphatic carbocycles. The average molecular weight is 421 g/mol. The number of pyridine rings is 2. The molecule has 0 aliphatic rings. The molecule has 3 aromatic heterocycles. The molecule has 0 saturated heterocycles. The maximum atomic E-state index is 12.4. The van der Waals surface area contributed by atoms with Crippen LogP contribution in [0.4, 0.5) is 0 Å². The van der Waals surface area contributed by atoms with E-state index in [-0.39, 0.29) is 11.3 Å². The van der Waals surface area contributed by atoms with Gasteiger partial charge in [0, 0.05) is 34.2 Å². The number of allylic oxidation sites excluding steroid dienone is 2. The number of hydrogen-bond acceptors (Lipinski definition) is 5. The molecule has 0 spiro atoms. The Balaban J connectivity index is 1.68. The fraction of sp³-hybridized carbons (Fsp3) is 0.250. The first kappa shape index (κ1) is 20.2. The Morgan fingerprint density at radius 3 is 2.90 bits per heavy atom. The second kappa shape index (κ2) is 8.71. The minimum absolute atomic E-state index is 0.108. The first-order valence-corrected chi connectivity index (χ1v) is 10.9. The first-order valence-electron chi connectivity index (χ1n) is 10.1. The van der Waals surface area contributed by atoms with Crippen LogP contribution in [0.15, 0.2) is 52.8 Å². The number of phenols is 1. The average Bonchev–Trinajstić information content (AvgIpc) is 3.23. The Bertz CT molecular complexity index is 1270. The van der Waals surface area contributed by atoms with Gasteiger partial charge in [-0.1, -0.05) is 12.2 Å². The highest BCUT2D eigenvalue weighted by atomic mass is 32.1. The number of aryl methyl sites for hydroxylation is 1. The number of unbranched alkanes of at least 4 members (excludes halogenated alkanes) is 2. The van der Waals surface area contributed by atoms with Crippen LogP contribution in [0.2, 0.25) is 0 Å². The normalized spacial score (nSPS) is 11.7. The predicted molar refractivity (Wildman–Crippen MR) is 124 cm³/mol. The van der Waals surface area contributed by atoms with Gasteiger partial charge in [-0.15, -0.1) is 11.3 Å². The van der Waals surface area contributed by atoms with Crippen LogP contribution in [0.1, 0.15) is 31.7 Å². The van der Waals surface area contributed by atoms with Gasteiger partial charge in [-0.3, -0.25) is 4.79 Å². The Kier molecular flexibility index (Phi) is 5.86. The summed E-state index contributed by atoms with van der Waals surface area (Å²) in [6.07, 6.45) is 9.04. The van der Waals surface area contributed by atoms with E-state index in [4.69, 9.17) is 4.74 Å². The quantitative estimate of drug-likeness (QED) is 0.286. The lowest BCUT2D eigenvalue weighted by atomic mass is 9.96. The van der Waals surface area contributed by atoms with Crippen molar-refractivity contribution in [2.45, 2.75) is 33.1 Å². The molecule has 0 bridgehead atoms. The predicted octanol–water partition coefficient (Wildman–Crippen LogP) is 5.94. The van der Waals surface area contributed by atoms with Crippen LogP contribution in [0, 0.1) is 6.92 Å². The lowest BCUT2D eigenvalue weighted by Crippen LogP contribution is -2.06. The monoisotopic (exact) mass is 420 g/mol. The van der Waals surface area contributed by atoms with E-state index in [9.17, 15) is 9.90 Å². The van der Waals surface area contributed by atoms with E-state index >= 15 is 0 Å². The van der Waals surface area contributed by atoms with E-state index in [0.717, 1.165) is 46.7 Å². The van der Waals surface area contributed by atoms with Crippen molar-refractivity contribution in [3.8, 4) is 22.8 Å². The molecule has 0 atom stereocenters. The summed E-state index contributed by atoms with van der Waals surface area (Å²) in [5.74, 6) is 0.730. The number of ether oxygens (including phenoxy) is 1. The summed E-state index contributed by atoms with van der Waals surface area (Å²) in [5, 5.41) is 14.3. The maximum Gasteiger partial charge on any atom is 0.266 e. The van der Waals surface area contributed by atoms with E-state index in [1.54, 1.807) is 12.3 Å². The molecule has 4 rings (SSSR count). The Morgan fingerprint density at radius 1 is 1.27 bits per heavy atom. The summed E-state index contributed by atoms with van der Waals surface area (Å²) in [5.41, 5.74) is 2.89. The van der Waals surface area contributed by atoms with Crippen molar-refractivity contribution in [2.75, 3.05) is 6.61 Å². The molecular weight excluding hydrogens is 396 g/mol. The smallest absolute Gasteiger partial charge is 0.266 e. The molecule has 4 aromatic rings. The van der Waals surface area contributed by atoms with Gasteiger partial charge >= 0.3 is 0 Å². The Labute approximate surface area is 178 Å². The molecule has 154 valence electrons. The summed E-state index contributed by atoms with van der Waals surface area (Å²) >= 11 is 1.40. The molecule has 6 heteroatoms. The number of aromatic amines is 1. The number of aromatic hydroxyl groups is 1. The van der Waals surface area contributed by atoms with Gasteiger partial charge in [0.25, 0.3) is 5.56 Å². The zero-order valence-corrected chi connectivity index (χ0v) is 17.9. The number of hydrogen-bond donors (Lipinski definition) is 2. The van der Waals surface area contributed by atoms with Crippen molar-refractivity contribution < 1.29 is 9.84 Å². The van der Waals surface area contributed by atoms with Crippen molar-refractivity contribution in [3.63, 3.8) is 0 Å². The second-order valence-corrected chi connectivity index (χ2v) is 8.17. The summed E-state index contributed by atoms with van der Waals surface area (Å²) in [6, 6.07) is 7.33. The third-order valence-corrected chi connectivity index (χ3v) is 6.07. The van der Waals surface area contributed by atoms with E-state index in [2.05, 4.69) is 22.1 Å². The summed E-state index contributed by atoms with van der Waals surface area (Å²) in [7, 11) is 0. The van der Waals surface area contributed by atoms with Gasteiger partial charge in [0.1, 0.15) is 10.4 Å². The maximum absolute atomic E-state index is 12.4. The largest absolute Gasteiger partial charge is 0.507 e. The highest BCUT2D eigenvalue weighted by Gasteiger charge is 2.17. The van der Waals surface area contributed by atoms with Crippen molar-refractivity contribution in [1.29, 1.82) is 0 Å². The molecule has 0 saturated carbocycles. The van der Waals surface area contributed by atoms with Crippen molar-refractivity contribution in [1.82, 2.24) is 9.97 Å². The third kappa shape index (κ3) is 3.83. The number of H-pyrrole nitrogens is 1. The number of fused-ring (bicyclic) bond motifs is 3. The second-order valence-electron chi connectivity index (χ2n) is 7.25. The fourth-order valence-electron chi connectivity index (χ4n) is 3.70. The first-order chi connectivity index (χ1) is 14.6. The van der Waals surface area contributed by atoms with Crippen molar-refractivity contribution >= 4 is 32.3 Å². The number of phenolic OH excluding ortho intramolecular Hbond substituents is 1. The van der Waals surface area contributed by atoms with Gasteiger partial charge < -0.3 is 14.8 Å². The van der Waals surface area contributed by atoms with Crippen LogP contribution in [0.5, 0.6) is 11.6 Å². The Morgan fingerprint density at radius 2 is 2.13 bits per heavy atom. The molecule has 2 N–H and O–H groups in total. The lowest BCUT2D eigenvalue weighted by Gasteiger charge is -2.13. The lowest BCUT2D eigenvalue weighted by molar-refractivity contribution is 0.296. The van der Waals surface area contributed by atoms with Gasteiger partial charge in [0.2, 0.25) is 5.88 Å². The molecule has 0 aliphatic heterocycles. The molecule has 0 unspecified atom stereocenters. The third-order valence-electron chi connectivity index (χ3n) is 5.16. The highest BCUT2D eigenvalue weighted by Crippen LogP contribution is 2.41. The molecule has 0 fully saturated rings. The number of aromatic nitrogens is 2. The van der Waals surface area contributed by atoms with Crippen LogP contribution in [0.25, 0.3) is 32.1 Å². The zero-order chi connectivity index (χ0) is 21.1. The molecule has 5 nitrogen and oxygen atoms in total. The van der Waals surface area contributed by atoms with Gasteiger partial charge in [0.15, 0.2) is 0 Å². The fourth-order valence-corrected chi connectivity index (χ4v) is 4.49. The topological polar surface area (TPSA) is 75.2 Å². The van der Waals surface area contributed by atoms with Crippen LogP contribution >= 0.6 is 11.3 Å². The van der Waals surface area contributed by atoms with Gasteiger partial charge in [-0.25, -0.2) is 4.98 Å². The molecule has 1 aromatic carbocycles. The number of nitrogens with zero attached hydrogens (tertiary/aromatic N) is 1. The summed E-state index contributed by atoms with van der Waals surface area (Å²) in [6.45, 7) is 4.53. The van der Waals surface area contributed by atoms with Crippen molar-refractivity contribution in [2.24, 2.45) is 0 Å². The number of benzene rings is 1. The van der Waals surface area contributed by atoms with E-state index in [1.165, 1.54) is 11.3 Å². The van der Waals surface area contributed by atoms with Gasteiger partial charge in [-0.05, 0) is 62.3 Å². The summed E-state index contributed by atoms with van der Waals surface area (Å²) in [4.78, 5) is 19.8. The minimum Gasteiger partial charge on any atom is -0.507 e. The van der Waals surface area contributed by atoms with Crippen molar-refractivity contribution in [3.05, 3.63) is 63.9 Å². The zero-order valence-electron chi connectivity index (χ0n) is 17.1. The van der Waals surface area contributed by atoms with Crippen LogP contribution < -0.4 is 10.3 Å². The van der Waals surface area contributed by atoms with Crippen LogP contribution in [-0.4, -0.2) is 21.7 Å². The molecule has 0 radical (unpaired) electrons. The van der Waals surface area contributed by atoms with E-state index in [1.807, 2.05) is 37.4 Å². The SMILES string of the molecule is C/C=C/CCCCOc1ccc(-c2c(O)cc(C)c3[nH]c(=O)c4sccc4c23)cn1. The van der Waals surface area contributed by atoms with Crippen LogP contribution in [-0.2, 0) is 0 Å². The van der Waals surface area contributed by atoms with E-state index in [0.29, 0.717) is 22.8 Å².